The summed E-state index contributed by atoms with van der Waals surface area (Å²) in [4.78, 5) is 47.5. The highest BCUT2D eigenvalue weighted by atomic mass is 16.2. The van der Waals surface area contributed by atoms with Crippen molar-refractivity contribution in [1.82, 2.24) is 14.8 Å². The molecule has 3 fully saturated rings. The van der Waals surface area contributed by atoms with Gasteiger partial charge in [0.1, 0.15) is 17.8 Å². The van der Waals surface area contributed by atoms with Gasteiger partial charge in [-0.15, -0.1) is 0 Å². The topological polar surface area (TPSA) is 97.6 Å². The number of rotatable bonds is 2. The van der Waals surface area contributed by atoms with Crippen molar-refractivity contribution in [2.24, 2.45) is 5.41 Å². The Morgan fingerprint density at radius 1 is 1.36 bits per heavy atom. The number of imide groups is 1. The number of aryl methyl sites for hydroxylation is 1. The van der Waals surface area contributed by atoms with Crippen molar-refractivity contribution in [3.05, 3.63) is 23.5 Å². The van der Waals surface area contributed by atoms with E-state index in [0.717, 1.165) is 4.90 Å². The molecule has 4 heterocycles. The fraction of sp³-hybridized carbons (Fsp3) is 0.550. The third kappa shape index (κ3) is 2.65. The number of pyridine rings is 1. The van der Waals surface area contributed by atoms with Gasteiger partial charge >= 0.3 is 6.03 Å². The van der Waals surface area contributed by atoms with Gasteiger partial charge in [-0.1, -0.05) is 20.8 Å². The van der Waals surface area contributed by atoms with Crippen LogP contribution in [0.15, 0.2) is 12.3 Å². The van der Waals surface area contributed by atoms with Crippen LogP contribution in [0.4, 0.5) is 10.5 Å². The second-order valence-corrected chi connectivity index (χ2v) is 9.02. The van der Waals surface area contributed by atoms with Gasteiger partial charge < -0.3 is 9.80 Å². The minimum atomic E-state index is -0.633. The van der Waals surface area contributed by atoms with Crippen LogP contribution in [0.2, 0.25) is 0 Å². The Bertz CT molecular complexity index is 929. The molecule has 1 aromatic rings. The van der Waals surface area contributed by atoms with Gasteiger partial charge in [-0.2, -0.15) is 5.26 Å². The summed E-state index contributed by atoms with van der Waals surface area (Å²) in [5, 5.41) is 9.04. The van der Waals surface area contributed by atoms with Gasteiger partial charge in [0.15, 0.2) is 0 Å². The molecule has 8 nitrogen and oxygen atoms in total. The smallest absolute Gasteiger partial charge is 0.332 e. The molecular weight excluding hydrogens is 358 g/mol. The molecule has 4 rings (SSSR count). The molecular formula is C20H23N5O3. The minimum absolute atomic E-state index is 0.0363. The highest BCUT2D eigenvalue weighted by Crippen LogP contribution is 2.43. The van der Waals surface area contributed by atoms with E-state index in [1.54, 1.807) is 22.8 Å². The van der Waals surface area contributed by atoms with Gasteiger partial charge in [-0.3, -0.25) is 9.59 Å². The van der Waals surface area contributed by atoms with Gasteiger partial charge in [0, 0.05) is 13.0 Å². The number of carbonyl (C=O) groups is 3. The number of likely N-dealkylation sites (tertiary alicyclic amines) is 1. The molecule has 1 aromatic heterocycles. The summed E-state index contributed by atoms with van der Waals surface area (Å²) in [5.41, 5.74) is 1.11. The van der Waals surface area contributed by atoms with E-state index in [2.05, 4.69) is 4.98 Å². The first-order valence-corrected chi connectivity index (χ1v) is 9.45. The molecule has 2 bridgehead atoms. The first kappa shape index (κ1) is 18.4. The maximum Gasteiger partial charge on any atom is 0.332 e. The van der Waals surface area contributed by atoms with Crippen LogP contribution < -0.4 is 4.90 Å². The Kier molecular flexibility index (Phi) is 3.96. The molecule has 146 valence electrons. The fourth-order valence-corrected chi connectivity index (χ4v) is 4.54. The van der Waals surface area contributed by atoms with E-state index in [-0.39, 0.29) is 41.0 Å². The Morgan fingerprint density at radius 3 is 2.68 bits per heavy atom. The standard InChI is InChI=1S/C20H23N5O3/c1-11-5-12(9-22-14(11)8-21)25-18(27)17-15-6-13(24(17)19(25)28)10-23(15)16(26)7-20(2,3)4/h5,9,13,15,17H,6-7,10H2,1-4H3/t13-,15-,17-/m0/s1. The third-order valence-corrected chi connectivity index (χ3v) is 5.69. The summed E-state index contributed by atoms with van der Waals surface area (Å²) in [5.74, 6) is -0.286. The highest BCUT2D eigenvalue weighted by Gasteiger charge is 2.62. The molecule has 0 radical (unpaired) electrons. The Hall–Kier alpha value is -2.95. The number of urea groups is 1. The number of carbonyl (C=O) groups excluding carboxylic acids is 3. The predicted molar refractivity (Wildman–Crippen MR) is 100 cm³/mol. The lowest BCUT2D eigenvalue weighted by Gasteiger charge is -2.36. The van der Waals surface area contributed by atoms with E-state index >= 15 is 0 Å². The number of nitriles is 1. The second-order valence-electron chi connectivity index (χ2n) is 9.02. The van der Waals surface area contributed by atoms with Gasteiger partial charge in [-0.05, 0) is 30.4 Å². The zero-order chi connectivity index (χ0) is 20.4. The summed E-state index contributed by atoms with van der Waals surface area (Å²) in [6.07, 6.45) is 2.44. The van der Waals surface area contributed by atoms with Crippen molar-refractivity contribution in [1.29, 1.82) is 5.26 Å². The van der Waals surface area contributed by atoms with E-state index in [0.29, 0.717) is 30.6 Å². The lowest BCUT2D eigenvalue weighted by Crippen LogP contribution is -2.55. The van der Waals surface area contributed by atoms with Gasteiger partial charge in [-0.25, -0.2) is 14.7 Å². The zero-order valence-electron chi connectivity index (χ0n) is 16.5. The molecule has 0 spiro atoms. The van der Waals surface area contributed by atoms with Crippen LogP contribution in [0.5, 0.6) is 0 Å². The molecule has 0 aliphatic carbocycles. The maximum atomic E-state index is 13.1. The molecule has 3 atom stereocenters. The van der Waals surface area contributed by atoms with Crippen molar-refractivity contribution in [2.75, 3.05) is 11.4 Å². The second kappa shape index (κ2) is 6.03. The average Bonchev–Trinajstić information content (AvgIpc) is 3.25. The predicted octanol–water partition coefficient (Wildman–Crippen LogP) is 1.82. The molecule has 0 N–H and O–H groups in total. The van der Waals surface area contributed by atoms with Gasteiger partial charge in [0.25, 0.3) is 5.91 Å². The van der Waals surface area contributed by atoms with Crippen LogP contribution >= 0.6 is 0 Å². The van der Waals surface area contributed by atoms with E-state index < -0.39 is 6.04 Å². The maximum absolute atomic E-state index is 13.1. The van der Waals surface area contributed by atoms with E-state index in [1.807, 2.05) is 26.8 Å². The minimum Gasteiger partial charge on any atom is -0.335 e. The van der Waals surface area contributed by atoms with E-state index in [1.165, 1.54) is 6.20 Å². The number of nitrogens with zero attached hydrogens (tertiary/aromatic N) is 5. The van der Waals surface area contributed by atoms with Gasteiger partial charge in [0.2, 0.25) is 5.91 Å². The van der Waals surface area contributed by atoms with Crippen molar-refractivity contribution in [3.63, 3.8) is 0 Å². The fourth-order valence-electron chi connectivity index (χ4n) is 4.54. The third-order valence-electron chi connectivity index (χ3n) is 5.69. The average molecular weight is 381 g/mol. The molecule has 0 saturated carbocycles. The number of aromatic nitrogens is 1. The van der Waals surface area contributed by atoms with Crippen LogP contribution in [0, 0.1) is 23.7 Å². The molecule has 3 saturated heterocycles. The Balaban J connectivity index is 1.61. The number of anilines is 1. The number of piperazine rings is 1. The number of fused-ring (bicyclic) bond motifs is 5. The van der Waals surface area contributed by atoms with Crippen LogP contribution in [0.3, 0.4) is 0 Å². The lowest BCUT2D eigenvalue weighted by molar-refractivity contribution is -0.137. The number of hydrogen-bond acceptors (Lipinski definition) is 5. The summed E-state index contributed by atoms with van der Waals surface area (Å²) in [7, 11) is 0. The quantitative estimate of drug-likeness (QED) is 0.728. The van der Waals surface area contributed by atoms with Crippen LogP contribution in [-0.2, 0) is 9.59 Å². The van der Waals surface area contributed by atoms with E-state index in [4.69, 9.17) is 5.26 Å². The van der Waals surface area contributed by atoms with Crippen molar-refractivity contribution >= 4 is 23.5 Å². The number of hydrogen-bond donors (Lipinski definition) is 0. The molecule has 4 amide bonds. The SMILES string of the molecule is Cc1cc(N2C(=O)[C@@H]3[C@@H]4C[C@@H](CN4C(=O)CC(C)(C)C)N3C2=O)cnc1C#N. The molecule has 3 aliphatic heterocycles. The van der Waals surface area contributed by atoms with Crippen molar-refractivity contribution in [2.45, 2.75) is 58.7 Å². The Morgan fingerprint density at radius 2 is 2.07 bits per heavy atom. The monoisotopic (exact) mass is 381 g/mol. The molecule has 3 aliphatic rings. The Labute approximate surface area is 163 Å². The van der Waals surface area contributed by atoms with Gasteiger partial charge in [0.05, 0.1) is 24.0 Å². The normalized spacial score (nSPS) is 26.1. The first-order chi connectivity index (χ1) is 13.1. The number of amides is 4. The summed E-state index contributed by atoms with van der Waals surface area (Å²) in [6, 6.07) is 2.22. The van der Waals surface area contributed by atoms with Crippen LogP contribution in [-0.4, -0.2) is 57.3 Å². The van der Waals surface area contributed by atoms with E-state index in [9.17, 15) is 14.4 Å². The van der Waals surface area contributed by atoms with Crippen LogP contribution in [0.1, 0.15) is 44.9 Å². The van der Waals surface area contributed by atoms with Crippen LogP contribution in [0.25, 0.3) is 0 Å². The van der Waals surface area contributed by atoms with Crippen molar-refractivity contribution < 1.29 is 14.4 Å². The molecule has 8 heteroatoms. The summed E-state index contributed by atoms with van der Waals surface area (Å²) >= 11 is 0. The molecule has 28 heavy (non-hydrogen) atoms. The molecule has 0 unspecified atom stereocenters. The van der Waals surface area contributed by atoms with Crippen molar-refractivity contribution in [3.8, 4) is 6.07 Å². The summed E-state index contributed by atoms with van der Waals surface area (Å²) < 4.78 is 0. The lowest BCUT2D eigenvalue weighted by atomic mass is 9.91. The molecule has 0 aromatic carbocycles. The zero-order valence-corrected chi connectivity index (χ0v) is 16.5. The highest BCUT2D eigenvalue weighted by molar-refractivity contribution is 6.22. The largest absolute Gasteiger partial charge is 0.335 e. The first-order valence-electron chi connectivity index (χ1n) is 9.45. The summed E-state index contributed by atoms with van der Waals surface area (Å²) in [6.45, 7) is 8.23.